The molecule has 1 aliphatic heterocycles. The van der Waals surface area contributed by atoms with E-state index in [9.17, 15) is 13.2 Å². The van der Waals surface area contributed by atoms with Gasteiger partial charge in [0.05, 0.1) is 31.3 Å². The van der Waals surface area contributed by atoms with Crippen LogP contribution < -0.4 is 14.8 Å². The fraction of sp³-hybridized carbons (Fsp3) is 0.588. The van der Waals surface area contributed by atoms with Gasteiger partial charge in [0.1, 0.15) is 5.75 Å². The van der Waals surface area contributed by atoms with Gasteiger partial charge in [-0.05, 0) is 44.2 Å². The van der Waals surface area contributed by atoms with Crippen molar-refractivity contribution in [2.24, 2.45) is 0 Å². The summed E-state index contributed by atoms with van der Waals surface area (Å²) < 4.78 is 37.4. The molecule has 26 heavy (non-hydrogen) atoms. The molecule has 1 aromatic carbocycles. The molecule has 0 aromatic heterocycles. The molecular weight excluding hydrogens is 358 g/mol. The van der Waals surface area contributed by atoms with Crippen LogP contribution >= 0.6 is 0 Å². The number of nitrogens with one attached hydrogen (secondary N) is 2. The minimum atomic E-state index is -3.77. The van der Waals surface area contributed by atoms with Crippen LogP contribution in [0.4, 0.5) is 0 Å². The highest BCUT2D eigenvalue weighted by Crippen LogP contribution is 2.15. The molecule has 1 saturated heterocycles. The van der Waals surface area contributed by atoms with Crippen molar-refractivity contribution in [2.75, 3.05) is 46.5 Å². The zero-order chi connectivity index (χ0) is 19.0. The summed E-state index contributed by atoms with van der Waals surface area (Å²) >= 11 is 0. The summed E-state index contributed by atoms with van der Waals surface area (Å²) in [5, 5.41) is 2.77. The van der Waals surface area contributed by atoms with Gasteiger partial charge >= 0.3 is 0 Å². The standard InChI is InChI=1S/C17H27N3O5S/c1-14(17(21)18-8-3-9-20-10-12-25-13-11-20)19-26(22,23)16-6-4-15(24-2)5-7-16/h4-7,14,19H,3,8-13H2,1-2H3,(H,18,21)/t14-/m0/s1. The fourth-order valence-corrected chi connectivity index (χ4v) is 3.80. The van der Waals surface area contributed by atoms with Crippen LogP contribution in [0.2, 0.25) is 0 Å². The Hall–Kier alpha value is -1.68. The molecule has 8 nitrogen and oxygen atoms in total. The highest BCUT2D eigenvalue weighted by Gasteiger charge is 2.22. The Bertz CT molecular complexity index is 672. The third kappa shape index (κ3) is 6.24. The molecule has 0 aliphatic carbocycles. The van der Waals surface area contributed by atoms with E-state index in [1.807, 2.05) is 0 Å². The van der Waals surface area contributed by atoms with Crippen LogP contribution in [-0.4, -0.2) is 71.8 Å². The van der Waals surface area contributed by atoms with Gasteiger partial charge in [0.25, 0.3) is 0 Å². The number of rotatable bonds is 9. The van der Waals surface area contributed by atoms with E-state index in [1.165, 1.54) is 26.2 Å². The SMILES string of the molecule is COc1ccc(S(=O)(=O)N[C@@H](C)C(=O)NCCCN2CCOCC2)cc1. The first kappa shape index (κ1) is 20.6. The number of ether oxygens (including phenoxy) is 2. The van der Waals surface area contributed by atoms with E-state index < -0.39 is 16.1 Å². The van der Waals surface area contributed by atoms with Crippen LogP contribution in [0.25, 0.3) is 0 Å². The number of sulfonamides is 1. The molecule has 1 aromatic rings. The largest absolute Gasteiger partial charge is 0.497 e. The summed E-state index contributed by atoms with van der Waals surface area (Å²) in [7, 11) is -2.26. The topological polar surface area (TPSA) is 97.0 Å². The molecule has 146 valence electrons. The lowest BCUT2D eigenvalue weighted by Crippen LogP contribution is -2.45. The molecule has 0 saturated carbocycles. The molecule has 2 N–H and O–H groups in total. The maximum absolute atomic E-state index is 12.3. The molecule has 1 fully saturated rings. The molecule has 1 amide bonds. The Labute approximate surface area is 154 Å². The van der Waals surface area contributed by atoms with Crippen molar-refractivity contribution < 1.29 is 22.7 Å². The van der Waals surface area contributed by atoms with Gasteiger partial charge in [0.15, 0.2) is 0 Å². The van der Waals surface area contributed by atoms with E-state index in [1.54, 1.807) is 12.1 Å². The minimum Gasteiger partial charge on any atom is -0.497 e. The lowest BCUT2D eigenvalue weighted by Gasteiger charge is -2.26. The van der Waals surface area contributed by atoms with Gasteiger partial charge in [-0.15, -0.1) is 0 Å². The van der Waals surface area contributed by atoms with Gasteiger partial charge in [0, 0.05) is 19.6 Å². The van der Waals surface area contributed by atoms with Crippen molar-refractivity contribution in [3.05, 3.63) is 24.3 Å². The first-order valence-electron chi connectivity index (χ1n) is 8.66. The molecule has 0 radical (unpaired) electrons. The van der Waals surface area contributed by atoms with Crippen molar-refractivity contribution in [2.45, 2.75) is 24.3 Å². The molecule has 9 heteroatoms. The first-order valence-corrected chi connectivity index (χ1v) is 10.1. The maximum Gasteiger partial charge on any atom is 0.241 e. The van der Waals surface area contributed by atoms with E-state index in [0.717, 1.165) is 39.3 Å². The van der Waals surface area contributed by atoms with E-state index in [-0.39, 0.29) is 10.8 Å². The Morgan fingerprint density at radius 2 is 1.92 bits per heavy atom. The first-order chi connectivity index (χ1) is 12.4. The molecular formula is C17H27N3O5S. The van der Waals surface area contributed by atoms with Gasteiger partial charge in [-0.25, -0.2) is 8.42 Å². The minimum absolute atomic E-state index is 0.0882. The number of amides is 1. The molecule has 0 bridgehead atoms. The number of nitrogens with zero attached hydrogens (tertiary/aromatic N) is 1. The molecule has 0 spiro atoms. The van der Waals surface area contributed by atoms with Gasteiger partial charge < -0.3 is 14.8 Å². The smallest absolute Gasteiger partial charge is 0.241 e. The van der Waals surface area contributed by atoms with Crippen molar-refractivity contribution in [1.82, 2.24) is 14.9 Å². The quantitative estimate of drug-likeness (QED) is 0.590. The van der Waals surface area contributed by atoms with Crippen molar-refractivity contribution >= 4 is 15.9 Å². The number of carbonyl (C=O) groups excluding carboxylic acids is 1. The normalized spacial score (nSPS) is 16.8. The number of benzene rings is 1. The average molecular weight is 385 g/mol. The zero-order valence-electron chi connectivity index (χ0n) is 15.2. The highest BCUT2D eigenvalue weighted by atomic mass is 32.2. The fourth-order valence-electron chi connectivity index (χ4n) is 2.60. The Balaban J connectivity index is 1.75. The summed E-state index contributed by atoms with van der Waals surface area (Å²) in [4.78, 5) is 14.5. The Morgan fingerprint density at radius 1 is 1.27 bits per heavy atom. The van der Waals surface area contributed by atoms with Crippen molar-refractivity contribution in [3.63, 3.8) is 0 Å². The van der Waals surface area contributed by atoms with Crippen LogP contribution in [-0.2, 0) is 19.6 Å². The molecule has 1 aliphatic rings. The second-order valence-electron chi connectivity index (χ2n) is 6.12. The van der Waals surface area contributed by atoms with Crippen molar-refractivity contribution in [1.29, 1.82) is 0 Å². The summed E-state index contributed by atoms with van der Waals surface area (Å²) in [5.74, 6) is 0.221. The zero-order valence-corrected chi connectivity index (χ0v) is 16.0. The lowest BCUT2D eigenvalue weighted by molar-refractivity contribution is -0.122. The van der Waals surface area contributed by atoms with Gasteiger partial charge in [0.2, 0.25) is 15.9 Å². The van der Waals surface area contributed by atoms with Crippen LogP contribution in [0.5, 0.6) is 5.75 Å². The van der Waals surface area contributed by atoms with Gasteiger partial charge in [-0.2, -0.15) is 4.72 Å². The number of hydrogen-bond donors (Lipinski definition) is 2. The summed E-state index contributed by atoms with van der Waals surface area (Å²) in [6, 6.07) is 5.14. The van der Waals surface area contributed by atoms with Crippen LogP contribution in [0.1, 0.15) is 13.3 Å². The Morgan fingerprint density at radius 3 is 2.54 bits per heavy atom. The monoisotopic (exact) mass is 385 g/mol. The predicted octanol–water partition coefficient (Wildman–Crippen LogP) is 0.201. The summed E-state index contributed by atoms with van der Waals surface area (Å²) in [5.41, 5.74) is 0. The number of methoxy groups -OCH3 is 1. The second-order valence-corrected chi connectivity index (χ2v) is 7.83. The number of hydrogen-bond acceptors (Lipinski definition) is 6. The number of carbonyl (C=O) groups is 1. The maximum atomic E-state index is 12.3. The lowest BCUT2D eigenvalue weighted by atomic mass is 10.3. The van der Waals surface area contributed by atoms with E-state index in [2.05, 4.69) is 14.9 Å². The molecule has 0 unspecified atom stereocenters. The molecule has 1 heterocycles. The van der Waals surface area contributed by atoms with Gasteiger partial charge in [-0.3, -0.25) is 9.69 Å². The number of morpholine rings is 1. The van der Waals surface area contributed by atoms with Crippen LogP contribution in [0.15, 0.2) is 29.2 Å². The van der Waals surface area contributed by atoms with Crippen molar-refractivity contribution in [3.8, 4) is 5.75 Å². The van der Waals surface area contributed by atoms with E-state index in [0.29, 0.717) is 12.3 Å². The highest BCUT2D eigenvalue weighted by molar-refractivity contribution is 7.89. The molecule has 1 atom stereocenters. The average Bonchev–Trinajstić information content (AvgIpc) is 2.65. The van der Waals surface area contributed by atoms with Crippen LogP contribution in [0, 0.1) is 0 Å². The predicted molar refractivity (Wildman–Crippen MR) is 97.7 cm³/mol. The second kappa shape index (κ2) is 9.86. The van der Waals surface area contributed by atoms with E-state index >= 15 is 0 Å². The Kier molecular flexibility index (Phi) is 7.83. The van der Waals surface area contributed by atoms with Gasteiger partial charge in [-0.1, -0.05) is 0 Å². The molecule has 2 rings (SSSR count). The third-order valence-corrected chi connectivity index (χ3v) is 5.71. The summed E-state index contributed by atoms with van der Waals surface area (Å²) in [6.45, 7) is 6.23. The third-order valence-electron chi connectivity index (χ3n) is 4.15. The summed E-state index contributed by atoms with van der Waals surface area (Å²) in [6.07, 6.45) is 0.809. The van der Waals surface area contributed by atoms with E-state index in [4.69, 9.17) is 9.47 Å². The van der Waals surface area contributed by atoms with Crippen LogP contribution in [0.3, 0.4) is 0 Å².